The lowest BCUT2D eigenvalue weighted by Gasteiger charge is -2.31. The number of aromatic nitrogens is 1. The van der Waals surface area contributed by atoms with Crippen LogP contribution in [0, 0.1) is 12.8 Å². The predicted octanol–water partition coefficient (Wildman–Crippen LogP) is 1.15. The van der Waals surface area contributed by atoms with Crippen molar-refractivity contribution in [3.8, 4) is 0 Å². The number of hydrogen-bond donors (Lipinski definition) is 1. The molecule has 0 radical (unpaired) electrons. The molecule has 0 aromatic carbocycles. The lowest BCUT2D eigenvalue weighted by atomic mass is 9.98. The molecule has 1 aliphatic heterocycles. The number of rotatable bonds is 3. The van der Waals surface area contributed by atoms with Gasteiger partial charge in [0, 0.05) is 12.6 Å². The van der Waals surface area contributed by atoms with E-state index in [4.69, 9.17) is 10.3 Å². The van der Waals surface area contributed by atoms with Gasteiger partial charge in [-0.2, -0.15) is 0 Å². The second-order valence-electron chi connectivity index (χ2n) is 4.41. The van der Waals surface area contributed by atoms with Crippen LogP contribution in [0.2, 0.25) is 0 Å². The Bertz CT molecular complexity index is 311. The molecule has 1 aliphatic rings. The quantitative estimate of drug-likeness (QED) is 0.811. The van der Waals surface area contributed by atoms with E-state index >= 15 is 0 Å². The number of nitrogens with two attached hydrogens (primary N) is 1. The predicted molar refractivity (Wildman–Crippen MR) is 58.3 cm³/mol. The number of nitrogens with zero attached hydrogens (tertiary/aromatic N) is 2. The van der Waals surface area contributed by atoms with Gasteiger partial charge >= 0.3 is 0 Å². The van der Waals surface area contributed by atoms with E-state index in [1.807, 2.05) is 13.0 Å². The summed E-state index contributed by atoms with van der Waals surface area (Å²) in [7, 11) is 0. The van der Waals surface area contributed by atoms with E-state index in [0.717, 1.165) is 37.6 Å². The minimum absolute atomic E-state index is 0.655. The highest BCUT2D eigenvalue weighted by Crippen LogP contribution is 2.17. The van der Waals surface area contributed by atoms with Crippen molar-refractivity contribution in [2.75, 3.05) is 19.6 Å². The summed E-state index contributed by atoms with van der Waals surface area (Å²) < 4.78 is 5.21. The van der Waals surface area contributed by atoms with Gasteiger partial charge in [0.25, 0.3) is 0 Å². The van der Waals surface area contributed by atoms with Crippen LogP contribution in [0.4, 0.5) is 0 Å². The van der Waals surface area contributed by atoms with Crippen LogP contribution >= 0.6 is 0 Å². The van der Waals surface area contributed by atoms with Gasteiger partial charge < -0.3 is 10.3 Å². The summed E-state index contributed by atoms with van der Waals surface area (Å²) in [6.45, 7) is 5.86. The van der Waals surface area contributed by atoms with Crippen LogP contribution in [0.1, 0.15) is 24.3 Å². The zero-order chi connectivity index (χ0) is 10.7. The van der Waals surface area contributed by atoms with E-state index in [2.05, 4.69) is 10.1 Å². The maximum Gasteiger partial charge on any atom is 0.150 e. The molecule has 84 valence electrons. The summed E-state index contributed by atoms with van der Waals surface area (Å²) in [5.41, 5.74) is 6.66. The molecule has 0 spiro atoms. The number of piperidine rings is 1. The van der Waals surface area contributed by atoms with Gasteiger partial charge in [-0.05, 0) is 38.8 Å². The highest BCUT2D eigenvalue weighted by atomic mass is 16.5. The fraction of sp³-hybridized carbons (Fsp3) is 0.727. The number of hydrogen-bond acceptors (Lipinski definition) is 4. The molecule has 2 rings (SSSR count). The fourth-order valence-electron chi connectivity index (χ4n) is 2.20. The van der Waals surface area contributed by atoms with Gasteiger partial charge in [0.2, 0.25) is 0 Å². The molecule has 2 N–H and O–H groups in total. The van der Waals surface area contributed by atoms with Crippen LogP contribution in [0.3, 0.4) is 0 Å². The second kappa shape index (κ2) is 4.77. The van der Waals surface area contributed by atoms with Crippen LogP contribution < -0.4 is 5.73 Å². The van der Waals surface area contributed by atoms with Crippen molar-refractivity contribution >= 4 is 0 Å². The summed E-state index contributed by atoms with van der Waals surface area (Å²) in [5, 5.41) is 3.89. The standard InChI is InChI=1S/C11H19N3O/c1-9-5-11(15-13-9)8-14-4-2-3-10(6-12)7-14/h5,10H,2-4,6-8,12H2,1H3. The second-order valence-corrected chi connectivity index (χ2v) is 4.41. The van der Waals surface area contributed by atoms with Gasteiger partial charge in [-0.25, -0.2) is 0 Å². The van der Waals surface area contributed by atoms with Crippen molar-refractivity contribution in [2.45, 2.75) is 26.3 Å². The zero-order valence-electron chi connectivity index (χ0n) is 9.28. The van der Waals surface area contributed by atoms with Crippen molar-refractivity contribution in [3.05, 3.63) is 17.5 Å². The first kappa shape index (κ1) is 10.6. The largest absolute Gasteiger partial charge is 0.360 e. The molecule has 4 heteroatoms. The SMILES string of the molecule is Cc1cc(CN2CCCC(CN)C2)on1. The number of aryl methyl sites for hydroxylation is 1. The Kier molecular flexibility index (Phi) is 3.38. The third-order valence-corrected chi connectivity index (χ3v) is 2.99. The van der Waals surface area contributed by atoms with Gasteiger partial charge in [-0.15, -0.1) is 0 Å². The highest BCUT2D eigenvalue weighted by Gasteiger charge is 2.19. The molecule has 4 nitrogen and oxygen atoms in total. The molecule has 0 bridgehead atoms. The Hall–Kier alpha value is -0.870. The Morgan fingerprint density at radius 2 is 2.53 bits per heavy atom. The maximum atomic E-state index is 5.70. The Balaban J connectivity index is 1.88. The molecule has 0 saturated carbocycles. The van der Waals surface area contributed by atoms with Crippen LogP contribution in [-0.2, 0) is 6.54 Å². The summed E-state index contributed by atoms with van der Waals surface area (Å²) in [5.74, 6) is 1.62. The lowest BCUT2D eigenvalue weighted by Crippen LogP contribution is -2.37. The van der Waals surface area contributed by atoms with Crippen molar-refractivity contribution in [1.82, 2.24) is 10.1 Å². The molecule has 1 atom stereocenters. The van der Waals surface area contributed by atoms with Crippen LogP contribution in [0.25, 0.3) is 0 Å². The monoisotopic (exact) mass is 209 g/mol. The first-order valence-electron chi connectivity index (χ1n) is 5.62. The van der Waals surface area contributed by atoms with Crippen molar-refractivity contribution < 1.29 is 4.52 Å². The molecule has 0 amide bonds. The molecular formula is C11H19N3O. The zero-order valence-corrected chi connectivity index (χ0v) is 9.28. The fourth-order valence-corrected chi connectivity index (χ4v) is 2.20. The lowest BCUT2D eigenvalue weighted by molar-refractivity contribution is 0.155. The number of likely N-dealkylation sites (tertiary alicyclic amines) is 1. The molecule has 15 heavy (non-hydrogen) atoms. The van der Waals surface area contributed by atoms with E-state index in [1.54, 1.807) is 0 Å². The van der Waals surface area contributed by atoms with E-state index in [9.17, 15) is 0 Å². The van der Waals surface area contributed by atoms with E-state index in [0.29, 0.717) is 5.92 Å². The average Bonchev–Trinajstić information content (AvgIpc) is 2.64. The van der Waals surface area contributed by atoms with E-state index in [-0.39, 0.29) is 0 Å². The van der Waals surface area contributed by atoms with Gasteiger partial charge in [0.05, 0.1) is 12.2 Å². The van der Waals surface area contributed by atoms with E-state index in [1.165, 1.54) is 12.8 Å². The molecule has 1 saturated heterocycles. The maximum absolute atomic E-state index is 5.70. The molecule has 0 aliphatic carbocycles. The molecule has 1 aromatic rings. The summed E-state index contributed by atoms with van der Waals surface area (Å²) in [6, 6.07) is 2.01. The topological polar surface area (TPSA) is 55.3 Å². The average molecular weight is 209 g/mol. The Morgan fingerprint density at radius 1 is 1.67 bits per heavy atom. The highest BCUT2D eigenvalue weighted by molar-refractivity contribution is 5.03. The molecule has 1 unspecified atom stereocenters. The molecule has 1 aromatic heterocycles. The summed E-state index contributed by atoms with van der Waals surface area (Å²) >= 11 is 0. The van der Waals surface area contributed by atoms with Crippen LogP contribution in [0.15, 0.2) is 10.6 Å². The van der Waals surface area contributed by atoms with Gasteiger partial charge in [0.1, 0.15) is 0 Å². The van der Waals surface area contributed by atoms with Gasteiger partial charge in [-0.3, -0.25) is 4.90 Å². The van der Waals surface area contributed by atoms with Gasteiger partial charge in [0.15, 0.2) is 5.76 Å². The Morgan fingerprint density at radius 3 is 3.20 bits per heavy atom. The minimum atomic E-state index is 0.655. The minimum Gasteiger partial charge on any atom is -0.360 e. The van der Waals surface area contributed by atoms with Crippen molar-refractivity contribution in [3.63, 3.8) is 0 Å². The smallest absolute Gasteiger partial charge is 0.150 e. The Labute approximate surface area is 90.4 Å². The first-order valence-corrected chi connectivity index (χ1v) is 5.62. The molecule has 1 fully saturated rings. The summed E-state index contributed by atoms with van der Waals surface area (Å²) in [4.78, 5) is 2.40. The van der Waals surface area contributed by atoms with E-state index < -0.39 is 0 Å². The first-order chi connectivity index (χ1) is 7.28. The van der Waals surface area contributed by atoms with Crippen molar-refractivity contribution in [1.29, 1.82) is 0 Å². The third kappa shape index (κ3) is 2.79. The van der Waals surface area contributed by atoms with Crippen molar-refractivity contribution in [2.24, 2.45) is 11.7 Å². The summed E-state index contributed by atoms with van der Waals surface area (Å²) in [6.07, 6.45) is 2.51. The third-order valence-electron chi connectivity index (χ3n) is 2.99. The molecule has 2 heterocycles. The molecular weight excluding hydrogens is 190 g/mol. The normalized spacial score (nSPS) is 23.2. The van der Waals surface area contributed by atoms with Crippen LogP contribution in [-0.4, -0.2) is 29.7 Å². The van der Waals surface area contributed by atoms with Gasteiger partial charge in [-0.1, -0.05) is 5.16 Å². The van der Waals surface area contributed by atoms with Crippen LogP contribution in [0.5, 0.6) is 0 Å².